The van der Waals surface area contributed by atoms with Crippen molar-refractivity contribution in [3.05, 3.63) is 75.0 Å². The Balaban J connectivity index is 1.74. The van der Waals surface area contributed by atoms with Crippen molar-refractivity contribution in [1.29, 1.82) is 0 Å². The number of nitrogens with one attached hydrogen (secondary N) is 1. The van der Waals surface area contributed by atoms with Crippen molar-refractivity contribution in [2.24, 2.45) is 5.73 Å². The third-order valence-corrected chi connectivity index (χ3v) is 5.16. The van der Waals surface area contributed by atoms with Crippen molar-refractivity contribution < 1.29 is 13.2 Å². The van der Waals surface area contributed by atoms with Gasteiger partial charge in [-0.3, -0.25) is 0 Å². The Labute approximate surface area is 179 Å². The maximum absolute atomic E-state index is 12.9. The van der Waals surface area contributed by atoms with Crippen LogP contribution in [0.1, 0.15) is 17.2 Å². The van der Waals surface area contributed by atoms with Crippen LogP contribution in [-0.4, -0.2) is 16.5 Å². The lowest BCUT2D eigenvalue weighted by atomic mass is 10.1. The van der Waals surface area contributed by atoms with Crippen LogP contribution >= 0.6 is 34.8 Å². The third-order valence-electron chi connectivity index (χ3n) is 4.11. The van der Waals surface area contributed by atoms with Crippen molar-refractivity contribution >= 4 is 40.6 Å². The second kappa shape index (κ2) is 8.75. The molecule has 0 spiro atoms. The van der Waals surface area contributed by atoms with Gasteiger partial charge in [-0.25, -0.2) is 9.97 Å². The fourth-order valence-corrected chi connectivity index (χ4v) is 3.19. The monoisotopic (exact) mass is 460 g/mol. The van der Waals surface area contributed by atoms with Crippen LogP contribution in [-0.2, 0) is 6.18 Å². The van der Waals surface area contributed by atoms with E-state index in [0.717, 1.165) is 11.6 Å². The molecule has 1 aromatic heterocycles. The van der Waals surface area contributed by atoms with Gasteiger partial charge in [-0.1, -0.05) is 46.9 Å². The maximum atomic E-state index is 12.9. The van der Waals surface area contributed by atoms with Gasteiger partial charge in [0.2, 0.25) is 0 Å². The summed E-state index contributed by atoms with van der Waals surface area (Å²) in [6.45, 7) is 0.335. The lowest BCUT2D eigenvalue weighted by Crippen LogP contribution is -2.21. The molecule has 1 atom stereocenters. The van der Waals surface area contributed by atoms with Gasteiger partial charge in [0.05, 0.1) is 26.3 Å². The molecule has 3 rings (SSSR count). The summed E-state index contributed by atoms with van der Waals surface area (Å²) in [5, 5.41) is 3.52. The number of hydrogen-bond donors (Lipinski definition) is 2. The van der Waals surface area contributed by atoms with Gasteiger partial charge in [0.25, 0.3) is 0 Å². The Morgan fingerprint density at radius 3 is 2.34 bits per heavy atom. The molecule has 29 heavy (non-hydrogen) atoms. The van der Waals surface area contributed by atoms with Gasteiger partial charge in [0.1, 0.15) is 12.1 Å². The molecular weight excluding hydrogens is 448 g/mol. The summed E-state index contributed by atoms with van der Waals surface area (Å²) < 4.78 is 38.6. The first-order valence-electron chi connectivity index (χ1n) is 8.28. The smallest absolute Gasteiger partial charge is 0.368 e. The highest BCUT2D eigenvalue weighted by atomic mass is 35.5. The van der Waals surface area contributed by atoms with E-state index in [1.54, 1.807) is 24.3 Å². The first kappa shape index (κ1) is 21.6. The summed E-state index contributed by atoms with van der Waals surface area (Å²) in [4.78, 5) is 8.20. The van der Waals surface area contributed by atoms with E-state index in [4.69, 9.17) is 40.5 Å². The zero-order valence-electron chi connectivity index (χ0n) is 14.6. The molecule has 1 heterocycles. The molecule has 0 saturated heterocycles. The molecule has 3 aromatic rings. The van der Waals surface area contributed by atoms with Gasteiger partial charge in [0.15, 0.2) is 0 Å². The van der Waals surface area contributed by atoms with E-state index in [1.165, 1.54) is 18.5 Å². The van der Waals surface area contributed by atoms with Crippen molar-refractivity contribution in [3.8, 4) is 11.3 Å². The molecule has 0 radical (unpaired) electrons. The highest BCUT2D eigenvalue weighted by Gasteiger charge is 2.33. The van der Waals surface area contributed by atoms with Crippen LogP contribution in [0.25, 0.3) is 11.3 Å². The Hall–Kier alpha value is -2.06. The van der Waals surface area contributed by atoms with Gasteiger partial charge in [-0.05, 0) is 29.8 Å². The molecule has 0 bridgehead atoms. The molecule has 2 aromatic carbocycles. The predicted octanol–water partition coefficient (Wildman–Crippen LogP) is 6.23. The number of nitrogens with zero attached hydrogens (tertiary/aromatic N) is 2. The van der Waals surface area contributed by atoms with E-state index in [-0.39, 0.29) is 6.04 Å². The van der Waals surface area contributed by atoms with Crippen LogP contribution in [0, 0.1) is 0 Å². The zero-order chi connectivity index (χ0) is 21.2. The second-order valence-corrected chi connectivity index (χ2v) is 7.36. The molecule has 10 heteroatoms. The van der Waals surface area contributed by atoms with Gasteiger partial charge < -0.3 is 11.1 Å². The Kier molecular flexibility index (Phi) is 6.53. The minimum Gasteiger partial charge on any atom is -0.368 e. The number of aromatic nitrogens is 2. The van der Waals surface area contributed by atoms with Gasteiger partial charge in [0, 0.05) is 24.2 Å². The fraction of sp³-hybridized carbons (Fsp3) is 0.158. The number of nitrogens with two attached hydrogens (primary N) is 1. The molecule has 0 aliphatic carbocycles. The summed E-state index contributed by atoms with van der Waals surface area (Å²) in [7, 11) is 0. The largest absolute Gasteiger partial charge is 0.417 e. The van der Waals surface area contributed by atoms with Gasteiger partial charge in [-0.2, -0.15) is 13.2 Å². The van der Waals surface area contributed by atoms with E-state index >= 15 is 0 Å². The maximum Gasteiger partial charge on any atom is 0.417 e. The molecule has 0 aliphatic heterocycles. The van der Waals surface area contributed by atoms with Crippen LogP contribution in [0.2, 0.25) is 15.1 Å². The Morgan fingerprint density at radius 2 is 1.69 bits per heavy atom. The molecule has 0 amide bonds. The number of anilines is 1. The van der Waals surface area contributed by atoms with E-state index in [1.807, 2.05) is 0 Å². The lowest BCUT2D eigenvalue weighted by Gasteiger charge is -2.15. The van der Waals surface area contributed by atoms with Gasteiger partial charge in [-0.15, -0.1) is 0 Å². The molecular formula is C19H14Cl3F3N4. The van der Waals surface area contributed by atoms with E-state index < -0.39 is 16.8 Å². The van der Waals surface area contributed by atoms with E-state index in [9.17, 15) is 13.2 Å². The minimum atomic E-state index is -4.52. The molecule has 0 unspecified atom stereocenters. The summed E-state index contributed by atoms with van der Waals surface area (Å²) in [6, 6.07) is 9.79. The molecule has 152 valence electrons. The molecule has 0 saturated carbocycles. The van der Waals surface area contributed by atoms with Crippen LogP contribution in [0.15, 0.2) is 48.8 Å². The highest BCUT2D eigenvalue weighted by molar-refractivity contribution is 6.42. The number of halogens is 6. The predicted molar refractivity (Wildman–Crippen MR) is 109 cm³/mol. The molecule has 0 fully saturated rings. The Bertz CT molecular complexity index is 1030. The normalized spacial score (nSPS) is 12.7. The fourth-order valence-electron chi connectivity index (χ4n) is 2.59. The van der Waals surface area contributed by atoms with E-state index in [2.05, 4.69) is 15.3 Å². The van der Waals surface area contributed by atoms with Crippen molar-refractivity contribution in [2.75, 3.05) is 11.9 Å². The summed E-state index contributed by atoms with van der Waals surface area (Å²) in [6.07, 6.45) is -3.22. The molecule has 3 N–H and O–H groups in total. The number of hydrogen-bond acceptors (Lipinski definition) is 4. The zero-order valence-corrected chi connectivity index (χ0v) is 16.9. The molecule has 4 nitrogen and oxygen atoms in total. The van der Waals surface area contributed by atoms with E-state index in [0.29, 0.717) is 33.7 Å². The first-order valence-corrected chi connectivity index (χ1v) is 9.42. The third kappa shape index (κ3) is 5.30. The standard InChI is InChI=1S/C19H14Cl3F3N4/c20-13-4-2-10(5-15(13)22)16(26)8-27-18-7-17(28-9-29-18)11-1-3-12(14(21)6-11)19(23,24)25/h1-7,9,16H,8,26H2,(H,27,28,29)/t16-/m0/s1. The minimum absolute atomic E-state index is 0.335. The van der Waals surface area contributed by atoms with Crippen molar-refractivity contribution in [2.45, 2.75) is 12.2 Å². The summed E-state index contributed by atoms with van der Waals surface area (Å²) in [5.41, 5.74) is 6.89. The summed E-state index contributed by atoms with van der Waals surface area (Å²) in [5.74, 6) is 0.460. The van der Waals surface area contributed by atoms with Crippen molar-refractivity contribution in [3.63, 3.8) is 0 Å². The van der Waals surface area contributed by atoms with Gasteiger partial charge >= 0.3 is 6.18 Å². The number of benzene rings is 2. The summed E-state index contributed by atoms with van der Waals surface area (Å²) >= 11 is 17.7. The topological polar surface area (TPSA) is 63.8 Å². The highest BCUT2D eigenvalue weighted by Crippen LogP contribution is 2.36. The van der Waals surface area contributed by atoms with Crippen LogP contribution in [0.5, 0.6) is 0 Å². The average molecular weight is 462 g/mol. The molecule has 0 aliphatic rings. The Morgan fingerprint density at radius 1 is 0.931 bits per heavy atom. The number of rotatable bonds is 5. The lowest BCUT2D eigenvalue weighted by molar-refractivity contribution is -0.137. The average Bonchev–Trinajstić information content (AvgIpc) is 2.67. The van der Waals surface area contributed by atoms with Crippen LogP contribution in [0.3, 0.4) is 0 Å². The van der Waals surface area contributed by atoms with Crippen molar-refractivity contribution in [1.82, 2.24) is 9.97 Å². The quantitative estimate of drug-likeness (QED) is 0.472. The second-order valence-electron chi connectivity index (χ2n) is 6.14. The number of alkyl halides is 3. The first-order chi connectivity index (χ1) is 13.6. The SMILES string of the molecule is N[C@@H](CNc1cc(-c2ccc(C(F)(F)F)c(Cl)c2)ncn1)c1ccc(Cl)c(Cl)c1. The van der Waals surface area contributed by atoms with Crippen LogP contribution in [0.4, 0.5) is 19.0 Å². The van der Waals surface area contributed by atoms with Crippen LogP contribution < -0.4 is 11.1 Å².